The molecule has 1 aromatic rings. The predicted molar refractivity (Wildman–Crippen MR) is 90.2 cm³/mol. The normalized spacial score (nSPS) is 18.2. The molecule has 1 aliphatic rings. The summed E-state index contributed by atoms with van der Waals surface area (Å²) in [5.41, 5.74) is 1.08. The molecule has 1 aliphatic heterocycles. The summed E-state index contributed by atoms with van der Waals surface area (Å²) >= 11 is 0. The van der Waals surface area contributed by atoms with E-state index in [1.165, 1.54) is 6.92 Å². The molecule has 24 heavy (non-hydrogen) atoms. The van der Waals surface area contributed by atoms with Gasteiger partial charge in [0.05, 0.1) is 12.1 Å². The van der Waals surface area contributed by atoms with E-state index in [-0.39, 0.29) is 29.9 Å². The highest BCUT2D eigenvalue weighted by molar-refractivity contribution is 5.82. The summed E-state index contributed by atoms with van der Waals surface area (Å²) < 4.78 is 0. The molecule has 0 bridgehead atoms. The van der Waals surface area contributed by atoms with Crippen LogP contribution in [0.2, 0.25) is 0 Å². The third-order valence-electron chi connectivity index (χ3n) is 4.03. The second-order valence-corrected chi connectivity index (χ2v) is 5.92. The lowest BCUT2D eigenvalue weighted by molar-refractivity contribution is -0.129. The maximum absolute atomic E-state index is 12.2. The van der Waals surface area contributed by atoms with Crippen LogP contribution >= 0.6 is 0 Å². The number of hydrogen-bond acceptors (Lipinski definition) is 3. The summed E-state index contributed by atoms with van der Waals surface area (Å²) in [5, 5.41) is 8.07. The predicted octanol–water partition coefficient (Wildman–Crippen LogP) is 0.784. The minimum absolute atomic E-state index is 0.0201. The Hall–Kier alpha value is -2.57. The summed E-state index contributed by atoms with van der Waals surface area (Å²) in [4.78, 5) is 36.6. The first-order valence-corrected chi connectivity index (χ1v) is 8.10. The standard InChI is InChI=1S/C17H24N4O3/c1-12(14-6-4-3-5-7-14)21-11-15(10-16(21)23)20-17(24)19-9-8-18-13(2)22/h3-7,12,15H,8-11H2,1-2H3,(H,18,22)(H2,19,20,24). The van der Waals surface area contributed by atoms with Gasteiger partial charge in [0.2, 0.25) is 11.8 Å². The Morgan fingerprint density at radius 1 is 1.21 bits per heavy atom. The van der Waals surface area contributed by atoms with Crippen molar-refractivity contribution in [1.82, 2.24) is 20.9 Å². The molecule has 0 saturated carbocycles. The van der Waals surface area contributed by atoms with Gasteiger partial charge in [-0.15, -0.1) is 0 Å². The Kier molecular flexibility index (Phi) is 6.17. The van der Waals surface area contributed by atoms with Crippen molar-refractivity contribution < 1.29 is 14.4 Å². The molecule has 4 amide bonds. The largest absolute Gasteiger partial charge is 0.355 e. The van der Waals surface area contributed by atoms with Crippen LogP contribution in [0.25, 0.3) is 0 Å². The zero-order chi connectivity index (χ0) is 17.5. The maximum Gasteiger partial charge on any atom is 0.315 e. The monoisotopic (exact) mass is 332 g/mol. The van der Waals surface area contributed by atoms with E-state index in [4.69, 9.17) is 0 Å². The van der Waals surface area contributed by atoms with E-state index in [2.05, 4.69) is 16.0 Å². The maximum atomic E-state index is 12.2. The van der Waals surface area contributed by atoms with Crippen LogP contribution < -0.4 is 16.0 Å². The fourth-order valence-corrected chi connectivity index (χ4v) is 2.77. The topological polar surface area (TPSA) is 90.5 Å². The van der Waals surface area contributed by atoms with Crippen molar-refractivity contribution in [2.24, 2.45) is 0 Å². The molecule has 7 nitrogen and oxygen atoms in total. The Labute approximate surface area is 141 Å². The highest BCUT2D eigenvalue weighted by Gasteiger charge is 2.33. The minimum Gasteiger partial charge on any atom is -0.355 e. The van der Waals surface area contributed by atoms with Crippen molar-refractivity contribution in [3.8, 4) is 0 Å². The molecule has 1 heterocycles. The van der Waals surface area contributed by atoms with Crippen LogP contribution in [0.1, 0.15) is 31.9 Å². The van der Waals surface area contributed by atoms with E-state index in [9.17, 15) is 14.4 Å². The van der Waals surface area contributed by atoms with Crippen LogP contribution in [0.15, 0.2) is 30.3 Å². The molecule has 2 unspecified atom stereocenters. The number of nitrogens with zero attached hydrogens (tertiary/aromatic N) is 1. The quantitative estimate of drug-likeness (QED) is 0.673. The summed E-state index contributed by atoms with van der Waals surface area (Å²) in [5.74, 6) is -0.0981. The molecule has 1 aromatic carbocycles. The number of hydrogen-bond donors (Lipinski definition) is 3. The molecule has 0 aliphatic carbocycles. The molecular formula is C17H24N4O3. The van der Waals surface area contributed by atoms with Crippen molar-refractivity contribution in [3.05, 3.63) is 35.9 Å². The third kappa shape index (κ3) is 4.97. The number of benzene rings is 1. The van der Waals surface area contributed by atoms with Crippen LogP contribution in [0, 0.1) is 0 Å². The van der Waals surface area contributed by atoms with Crippen molar-refractivity contribution >= 4 is 17.8 Å². The molecule has 2 atom stereocenters. The lowest BCUT2D eigenvalue weighted by Crippen LogP contribution is -2.45. The van der Waals surface area contributed by atoms with Crippen LogP contribution in [0.3, 0.4) is 0 Å². The van der Waals surface area contributed by atoms with Gasteiger partial charge in [0, 0.05) is 33.0 Å². The average Bonchev–Trinajstić information content (AvgIpc) is 2.92. The van der Waals surface area contributed by atoms with E-state index in [0.717, 1.165) is 5.56 Å². The fourth-order valence-electron chi connectivity index (χ4n) is 2.77. The van der Waals surface area contributed by atoms with Gasteiger partial charge in [-0.3, -0.25) is 9.59 Å². The van der Waals surface area contributed by atoms with Gasteiger partial charge in [0.15, 0.2) is 0 Å². The Bertz CT molecular complexity index is 591. The van der Waals surface area contributed by atoms with E-state index >= 15 is 0 Å². The first-order valence-electron chi connectivity index (χ1n) is 8.10. The van der Waals surface area contributed by atoms with Gasteiger partial charge in [0.25, 0.3) is 0 Å². The SMILES string of the molecule is CC(=O)NCCNC(=O)NC1CC(=O)N(C(C)c2ccccc2)C1. The van der Waals surface area contributed by atoms with Gasteiger partial charge < -0.3 is 20.9 Å². The van der Waals surface area contributed by atoms with E-state index in [0.29, 0.717) is 26.1 Å². The van der Waals surface area contributed by atoms with Crippen LogP contribution in [-0.2, 0) is 9.59 Å². The molecule has 0 aromatic heterocycles. The smallest absolute Gasteiger partial charge is 0.315 e. The summed E-state index contributed by atoms with van der Waals surface area (Å²) in [6.45, 7) is 4.63. The van der Waals surface area contributed by atoms with Gasteiger partial charge >= 0.3 is 6.03 Å². The number of rotatable bonds is 6. The molecule has 3 N–H and O–H groups in total. The van der Waals surface area contributed by atoms with Gasteiger partial charge in [-0.05, 0) is 12.5 Å². The molecule has 1 saturated heterocycles. The Morgan fingerprint density at radius 2 is 1.88 bits per heavy atom. The van der Waals surface area contributed by atoms with E-state index in [1.807, 2.05) is 37.3 Å². The van der Waals surface area contributed by atoms with Crippen LogP contribution in [0.4, 0.5) is 4.79 Å². The Morgan fingerprint density at radius 3 is 2.54 bits per heavy atom. The fraction of sp³-hybridized carbons (Fsp3) is 0.471. The second kappa shape index (κ2) is 8.33. The van der Waals surface area contributed by atoms with Crippen molar-refractivity contribution in [1.29, 1.82) is 0 Å². The first-order chi connectivity index (χ1) is 11.5. The number of amides is 4. The molecule has 1 fully saturated rings. The lowest BCUT2D eigenvalue weighted by atomic mass is 10.1. The zero-order valence-electron chi connectivity index (χ0n) is 14.0. The van der Waals surface area contributed by atoms with Crippen molar-refractivity contribution in [3.63, 3.8) is 0 Å². The molecule has 0 spiro atoms. The van der Waals surface area contributed by atoms with Crippen molar-refractivity contribution in [2.45, 2.75) is 32.4 Å². The zero-order valence-corrected chi connectivity index (χ0v) is 14.0. The summed E-state index contributed by atoms with van der Waals surface area (Å²) in [7, 11) is 0. The molecule has 7 heteroatoms. The first kappa shape index (κ1) is 17.8. The Balaban J connectivity index is 1.79. The number of carbonyl (C=O) groups excluding carboxylic acids is 3. The molecule has 130 valence electrons. The number of likely N-dealkylation sites (tertiary alicyclic amines) is 1. The number of carbonyl (C=O) groups is 3. The molecular weight excluding hydrogens is 308 g/mol. The molecule has 0 radical (unpaired) electrons. The van der Waals surface area contributed by atoms with Gasteiger partial charge in [0.1, 0.15) is 0 Å². The van der Waals surface area contributed by atoms with Gasteiger partial charge in [-0.2, -0.15) is 0 Å². The number of urea groups is 1. The van der Waals surface area contributed by atoms with Crippen LogP contribution in [-0.4, -0.2) is 48.4 Å². The van der Waals surface area contributed by atoms with Gasteiger partial charge in [-0.1, -0.05) is 30.3 Å². The third-order valence-corrected chi connectivity index (χ3v) is 4.03. The van der Waals surface area contributed by atoms with Crippen molar-refractivity contribution in [2.75, 3.05) is 19.6 Å². The average molecular weight is 332 g/mol. The summed E-state index contributed by atoms with van der Waals surface area (Å²) in [6, 6.07) is 9.28. The highest BCUT2D eigenvalue weighted by Crippen LogP contribution is 2.25. The number of nitrogens with one attached hydrogen (secondary N) is 3. The minimum atomic E-state index is -0.327. The molecule has 2 rings (SSSR count). The van der Waals surface area contributed by atoms with Crippen LogP contribution in [0.5, 0.6) is 0 Å². The van der Waals surface area contributed by atoms with E-state index < -0.39 is 0 Å². The second-order valence-electron chi connectivity index (χ2n) is 5.92. The summed E-state index contributed by atoms with van der Waals surface area (Å²) in [6.07, 6.45) is 0.302. The highest BCUT2D eigenvalue weighted by atomic mass is 16.2. The van der Waals surface area contributed by atoms with Gasteiger partial charge in [-0.25, -0.2) is 4.79 Å². The van der Waals surface area contributed by atoms with E-state index in [1.54, 1.807) is 4.90 Å². The lowest BCUT2D eigenvalue weighted by Gasteiger charge is -2.25.